The number of aromatic hydroxyl groups is 1. The highest BCUT2D eigenvalue weighted by Crippen LogP contribution is 2.31. The highest BCUT2D eigenvalue weighted by molar-refractivity contribution is 5.55. The number of aliphatic hydroxyl groups is 1. The van der Waals surface area contributed by atoms with Gasteiger partial charge in [-0.15, -0.1) is 6.58 Å². The first-order valence-corrected chi connectivity index (χ1v) is 6.17. The number of phenolic OH excluding ortho intramolecular Hbond substituents is 1. The molecule has 18 heavy (non-hydrogen) atoms. The smallest absolute Gasteiger partial charge is 0.123 e. The summed E-state index contributed by atoms with van der Waals surface area (Å²) in [5, 5.41) is 19.4. The Morgan fingerprint density at radius 3 is 2.39 bits per heavy atom. The van der Waals surface area contributed by atoms with E-state index in [4.69, 9.17) is 0 Å². The van der Waals surface area contributed by atoms with Crippen LogP contribution in [0.15, 0.2) is 30.9 Å². The minimum Gasteiger partial charge on any atom is -0.507 e. The Hall–Kier alpha value is -1.48. The number of benzene rings is 1. The maximum atomic E-state index is 9.93. The van der Waals surface area contributed by atoms with Gasteiger partial charge in [-0.2, -0.15) is 0 Å². The largest absolute Gasteiger partial charge is 0.507 e. The molecule has 1 aromatic rings. The predicted octanol–water partition coefficient (Wildman–Crippen LogP) is 3.24. The maximum Gasteiger partial charge on any atom is 0.123 e. The van der Waals surface area contributed by atoms with Crippen LogP contribution in [0.1, 0.15) is 39.4 Å². The normalized spacial score (nSPS) is 13.2. The number of nitrogens with zero attached hydrogens (tertiary/aromatic N) is 1. The molecule has 2 N–H and O–H groups in total. The fourth-order valence-corrected chi connectivity index (χ4v) is 1.95. The van der Waals surface area contributed by atoms with Gasteiger partial charge in [0, 0.05) is 29.4 Å². The van der Waals surface area contributed by atoms with Gasteiger partial charge in [0.15, 0.2) is 0 Å². The first kappa shape index (κ1) is 14.6. The van der Waals surface area contributed by atoms with E-state index >= 15 is 0 Å². The van der Waals surface area contributed by atoms with Crippen LogP contribution in [0.3, 0.4) is 0 Å². The molecule has 1 aromatic carbocycles. The predicted molar refractivity (Wildman–Crippen MR) is 76.0 cm³/mol. The molecule has 1 rings (SSSR count). The molecule has 100 valence electrons. The zero-order chi connectivity index (χ0) is 13.9. The summed E-state index contributed by atoms with van der Waals surface area (Å²) in [7, 11) is 0. The van der Waals surface area contributed by atoms with Crippen LogP contribution < -0.4 is 4.90 Å². The molecule has 0 heterocycles. The summed E-state index contributed by atoms with van der Waals surface area (Å²) >= 11 is 0. The molecule has 0 aliphatic carbocycles. The standard InChI is InChI=1S/C15H23NO2/c1-6-9-16(15(3,4)5)12-7-8-13(11(2)17)14(18)10-12/h6-8,10-11,17-18H,1,9H2,2-5H3. The summed E-state index contributed by atoms with van der Waals surface area (Å²) in [6.45, 7) is 12.4. The lowest BCUT2D eigenvalue weighted by atomic mass is 10.0. The van der Waals surface area contributed by atoms with Crippen molar-refractivity contribution in [3.8, 4) is 5.75 Å². The van der Waals surface area contributed by atoms with Gasteiger partial charge >= 0.3 is 0 Å². The second-order valence-corrected chi connectivity index (χ2v) is 5.49. The van der Waals surface area contributed by atoms with Gasteiger partial charge in [0.05, 0.1) is 6.10 Å². The van der Waals surface area contributed by atoms with Crippen molar-refractivity contribution in [2.24, 2.45) is 0 Å². The fraction of sp³-hybridized carbons (Fsp3) is 0.467. The van der Waals surface area contributed by atoms with Gasteiger partial charge in [-0.05, 0) is 33.8 Å². The van der Waals surface area contributed by atoms with Crippen molar-refractivity contribution in [2.45, 2.75) is 39.3 Å². The van der Waals surface area contributed by atoms with Crippen LogP contribution in [0.2, 0.25) is 0 Å². The van der Waals surface area contributed by atoms with Crippen molar-refractivity contribution in [1.82, 2.24) is 0 Å². The summed E-state index contributed by atoms with van der Waals surface area (Å²) in [6, 6.07) is 5.37. The molecule has 0 bridgehead atoms. The SMILES string of the molecule is C=CCN(c1ccc(C(C)O)c(O)c1)C(C)(C)C. The number of hydrogen-bond donors (Lipinski definition) is 2. The van der Waals surface area contributed by atoms with Crippen molar-refractivity contribution in [2.75, 3.05) is 11.4 Å². The minimum absolute atomic E-state index is 0.0625. The third-order valence-electron chi connectivity index (χ3n) is 2.90. The van der Waals surface area contributed by atoms with Crippen molar-refractivity contribution in [1.29, 1.82) is 0 Å². The Labute approximate surface area is 109 Å². The third-order valence-corrected chi connectivity index (χ3v) is 2.90. The van der Waals surface area contributed by atoms with Gasteiger partial charge < -0.3 is 15.1 Å². The number of phenols is 1. The average Bonchev–Trinajstić information content (AvgIpc) is 2.23. The molecule has 0 radical (unpaired) electrons. The topological polar surface area (TPSA) is 43.7 Å². The Kier molecular flexibility index (Phi) is 4.41. The lowest BCUT2D eigenvalue weighted by molar-refractivity contribution is 0.195. The molecule has 0 fully saturated rings. The van der Waals surface area contributed by atoms with Crippen LogP contribution in [0, 0.1) is 0 Å². The number of rotatable bonds is 4. The van der Waals surface area contributed by atoms with Gasteiger partial charge in [0.1, 0.15) is 5.75 Å². The summed E-state index contributed by atoms with van der Waals surface area (Å²) in [4.78, 5) is 2.14. The van der Waals surface area contributed by atoms with E-state index in [1.165, 1.54) is 0 Å². The molecule has 1 unspecified atom stereocenters. The van der Waals surface area contributed by atoms with Crippen molar-refractivity contribution < 1.29 is 10.2 Å². The van der Waals surface area contributed by atoms with Crippen molar-refractivity contribution in [3.63, 3.8) is 0 Å². The van der Waals surface area contributed by atoms with Crippen LogP contribution in [0.25, 0.3) is 0 Å². The molecular weight excluding hydrogens is 226 g/mol. The van der Waals surface area contributed by atoms with E-state index in [2.05, 4.69) is 32.3 Å². The summed E-state index contributed by atoms with van der Waals surface area (Å²) < 4.78 is 0. The van der Waals surface area contributed by atoms with Gasteiger partial charge in [0.25, 0.3) is 0 Å². The van der Waals surface area contributed by atoms with E-state index in [0.717, 1.165) is 5.69 Å². The Morgan fingerprint density at radius 2 is 2.00 bits per heavy atom. The lowest BCUT2D eigenvalue weighted by Gasteiger charge is -2.37. The molecule has 1 atom stereocenters. The zero-order valence-corrected chi connectivity index (χ0v) is 11.6. The molecule has 3 nitrogen and oxygen atoms in total. The van der Waals surface area contributed by atoms with Crippen molar-refractivity contribution >= 4 is 5.69 Å². The minimum atomic E-state index is -0.665. The van der Waals surface area contributed by atoms with Gasteiger partial charge in [0.2, 0.25) is 0 Å². The van der Waals surface area contributed by atoms with Crippen LogP contribution in [0.4, 0.5) is 5.69 Å². The van der Waals surface area contributed by atoms with Gasteiger partial charge in [-0.1, -0.05) is 12.1 Å². The van der Waals surface area contributed by atoms with E-state index in [9.17, 15) is 10.2 Å². The molecule has 0 saturated heterocycles. The van der Waals surface area contributed by atoms with Gasteiger partial charge in [-0.3, -0.25) is 0 Å². The molecule has 0 amide bonds. The van der Waals surface area contributed by atoms with Crippen molar-refractivity contribution in [3.05, 3.63) is 36.4 Å². The number of anilines is 1. The summed E-state index contributed by atoms with van der Waals surface area (Å²) in [5.74, 6) is 0.126. The fourth-order valence-electron chi connectivity index (χ4n) is 1.95. The van der Waals surface area contributed by atoms with E-state index in [1.807, 2.05) is 12.1 Å². The van der Waals surface area contributed by atoms with Crippen LogP contribution >= 0.6 is 0 Å². The first-order valence-electron chi connectivity index (χ1n) is 6.17. The summed E-state index contributed by atoms with van der Waals surface area (Å²) in [5.41, 5.74) is 1.41. The highest BCUT2D eigenvalue weighted by Gasteiger charge is 2.21. The first-order chi connectivity index (χ1) is 8.27. The van der Waals surface area contributed by atoms with E-state index < -0.39 is 6.10 Å². The molecule has 0 aromatic heterocycles. The second-order valence-electron chi connectivity index (χ2n) is 5.49. The number of hydrogen-bond acceptors (Lipinski definition) is 3. The Morgan fingerprint density at radius 1 is 1.39 bits per heavy atom. The molecule has 0 spiro atoms. The third kappa shape index (κ3) is 3.26. The summed E-state index contributed by atoms with van der Waals surface area (Å²) in [6.07, 6.45) is 1.17. The molecule has 0 saturated carbocycles. The lowest BCUT2D eigenvalue weighted by Crippen LogP contribution is -2.41. The number of aliphatic hydroxyl groups excluding tert-OH is 1. The highest BCUT2D eigenvalue weighted by atomic mass is 16.3. The molecule has 0 aliphatic heterocycles. The van der Waals surface area contributed by atoms with Gasteiger partial charge in [-0.25, -0.2) is 0 Å². The molecule has 0 aliphatic rings. The second kappa shape index (κ2) is 5.44. The maximum absolute atomic E-state index is 9.93. The zero-order valence-electron chi connectivity index (χ0n) is 11.6. The Balaban J connectivity index is 3.15. The Bertz CT molecular complexity index is 419. The quantitative estimate of drug-likeness (QED) is 0.805. The van der Waals surface area contributed by atoms with E-state index in [-0.39, 0.29) is 11.3 Å². The molecule has 3 heteroatoms. The van der Waals surface area contributed by atoms with Crippen LogP contribution in [-0.2, 0) is 0 Å². The average molecular weight is 249 g/mol. The monoisotopic (exact) mass is 249 g/mol. The molecular formula is C15H23NO2. The van der Waals surface area contributed by atoms with E-state index in [0.29, 0.717) is 12.1 Å². The van der Waals surface area contributed by atoms with Crippen LogP contribution in [0.5, 0.6) is 5.75 Å². The van der Waals surface area contributed by atoms with E-state index in [1.54, 1.807) is 19.1 Å². The van der Waals surface area contributed by atoms with Crippen LogP contribution in [-0.4, -0.2) is 22.3 Å².